The van der Waals surface area contributed by atoms with E-state index in [4.69, 9.17) is 5.73 Å². The van der Waals surface area contributed by atoms with Gasteiger partial charge in [0.2, 0.25) is 5.95 Å². The molecule has 0 radical (unpaired) electrons. The predicted octanol–water partition coefficient (Wildman–Crippen LogP) is 2.91. The summed E-state index contributed by atoms with van der Waals surface area (Å²) in [6, 6.07) is 8.10. The quantitative estimate of drug-likeness (QED) is 0.859. The molecule has 3 nitrogen and oxygen atoms in total. The number of hydrogen-bond donors (Lipinski definition) is 1. The number of para-hydroxylation sites is 2. The number of nitrogens with zero attached hydrogens (tertiary/aromatic N) is 2. The average Bonchev–Trinajstić information content (AvgIpc) is 2.55. The topological polar surface area (TPSA) is 43.8 Å². The first kappa shape index (κ1) is 11.0. The second-order valence-corrected chi connectivity index (χ2v) is 4.79. The number of nitrogen functional groups attached to an aromatic ring is 1. The molecule has 1 heterocycles. The van der Waals surface area contributed by atoms with Gasteiger partial charge in [-0.3, -0.25) is 0 Å². The summed E-state index contributed by atoms with van der Waals surface area (Å²) >= 11 is 0. The number of fused-ring (bicyclic) bond motifs is 1. The summed E-state index contributed by atoms with van der Waals surface area (Å²) in [5.41, 5.74) is 8.07. The van der Waals surface area contributed by atoms with Crippen molar-refractivity contribution in [3.8, 4) is 0 Å². The first-order chi connectivity index (χ1) is 7.59. The van der Waals surface area contributed by atoms with Gasteiger partial charge in [-0.1, -0.05) is 32.9 Å². The van der Waals surface area contributed by atoms with Crippen LogP contribution < -0.4 is 5.73 Å². The molecule has 3 heteroatoms. The van der Waals surface area contributed by atoms with E-state index in [2.05, 4.69) is 36.4 Å². The van der Waals surface area contributed by atoms with Crippen LogP contribution in [0.4, 0.5) is 5.95 Å². The Labute approximate surface area is 96.3 Å². The molecule has 1 unspecified atom stereocenters. The molecule has 0 bridgehead atoms. The predicted molar refractivity (Wildman–Crippen MR) is 68.1 cm³/mol. The number of anilines is 1. The molecule has 0 aliphatic rings. The Morgan fingerprint density at radius 2 is 1.94 bits per heavy atom. The number of imidazole rings is 1. The normalized spacial score (nSPS) is 13.5. The molecule has 0 aliphatic carbocycles. The Hall–Kier alpha value is -1.51. The molecule has 2 aromatic rings. The molecule has 0 saturated heterocycles. The molecular weight excluding hydrogens is 198 g/mol. The van der Waals surface area contributed by atoms with Crippen LogP contribution >= 0.6 is 0 Å². The fourth-order valence-electron chi connectivity index (χ4n) is 1.78. The van der Waals surface area contributed by atoms with E-state index in [1.165, 1.54) is 0 Å². The first-order valence-electron chi connectivity index (χ1n) is 5.80. The third-order valence-corrected chi connectivity index (χ3v) is 3.29. The van der Waals surface area contributed by atoms with Gasteiger partial charge in [-0.25, -0.2) is 4.98 Å². The maximum atomic E-state index is 5.95. The highest BCUT2D eigenvalue weighted by Gasteiger charge is 2.12. The lowest BCUT2D eigenvalue weighted by Crippen LogP contribution is -2.14. The highest BCUT2D eigenvalue weighted by Crippen LogP contribution is 2.21. The molecule has 0 fully saturated rings. The van der Waals surface area contributed by atoms with E-state index < -0.39 is 0 Å². The van der Waals surface area contributed by atoms with Gasteiger partial charge in [0.1, 0.15) is 0 Å². The molecule has 1 atom stereocenters. The molecule has 16 heavy (non-hydrogen) atoms. The van der Waals surface area contributed by atoms with Crippen LogP contribution in [0, 0.1) is 11.8 Å². The summed E-state index contributed by atoms with van der Waals surface area (Å²) in [4.78, 5) is 4.37. The summed E-state index contributed by atoms with van der Waals surface area (Å²) < 4.78 is 2.11. The van der Waals surface area contributed by atoms with E-state index in [1.807, 2.05) is 18.2 Å². The van der Waals surface area contributed by atoms with E-state index in [-0.39, 0.29) is 0 Å². The van der Waals surface area contributed by atoms with Crippen molar-refractivity contribution >= 4 is 17.0 Å². The lowest BCUT2D eigenvalue weighted by atomic mass is 9.98. The summed E-state index contributed by atoms with van der Waals surface area (Å²) in [5.74, 6) is 1.87. The number of aromatic nitrogens is 2. The monoisotopic (exact) mass is 217 g/mol. The van der Waals surface area contributed by atoms with Crippen LogP contribution in [-0.2, 0) is 6.54 Å². The first-order valence-corrected chi connectivity index (χ1v) is 5.80. The summed E-state index contributed by atoms with van der Waals surface area (Å²) in [5, 5.41) is 0. The van der Waals surface area contributed by atoms with Crippen molar-refractivity contribution < 1.29 is 0 Å². The maximum absolute atomic E-state index is 5.95. The molecule has 2 N–H and O–H groups in total. The van der Waals surface area contributed by atoms with Crippen LogP contribution in [0.2, 0.25) is 0 Å². The van der Waals surface area contributed by atoms with Gasteiger partial charge in [0.15, 0.2) is 0 Å². The Morgan fingerprint density at radius 3 is 2.62 bits per heavy atom. The van der Waals surface area contributed by atoms with Crippen molar-refractivity contribution in [2.75, 3.05) is 5.73 Å². The van der Waals surface area contributed by atoms with Crippen LogP contribution in [0.3, 0.4) is 0 Å². The van der Waals surface area contributed by atoms with Gasteiger partial charge in [-0.05, 0) is 24.0 Å². The van der Waals surface area contributed by atoms with E-state index in [1.54, 1.807) is 0 Å². The second-order valence-electron chi connectivity index (χ2n) is 4.79. The van der Waals surface area contributed by atoms with Crippen LogP contribution in [0.5, 0.6) is 0 Å². The zero-order valence-electron chi connectivity index (χ0n) is 10.1. The summed E-state index contributed by atoms with van der Waals surface area (Å²) in [6.45, 7) is 7.66. The zero-order chi connectivity index (χ0) is 11.7. The minimum atomic E-state index is 0.597. The molecule has 0 saturated carbocycles. The maximum Gasteiger partial charge on any atom is 0.201 e. The number of benzene rings is 1. The SMILES string of the molecule is CC(C)C(C)Cn1c(N)nc2ccccc21. The fourth-order valence-corrected chi connectivity index (χ4v) is 1.78. The second kappa shape index (κ2) is 4.16. The van der Waals surface area contributed by atoms with Gasteiger partial charge in [0.25, 0.3) is 0 Å². The number of nitrogens with two attached hydrogens (primary N) is 1. The molecular formula is C13H19N3. The lowest BCUT2D eigenvalue weighted by Gasteiger charge is -2.17. The van der Waals surface area contributed by atoms with Crippen LogP contribution in [0.25, 0.3) is 11.0 Å². The largest absolute Gasteiger partial charge is 0.369 e. The standard InChI is InChI=1S/C13H19N3/c1-9(2)10(3)8-16-12-7-5-4-6-11(12)15-13(16)14/h4-7,9-10H,8H2,1-3H3,(H2,14,15). The van der Waals surface area contributed by atoms with Gasteiger partial charge in [0, 0.05) is 6.54 Å². The van der Waals surface area contributed by atoms with Crippen LogP contribution in [0.15, 0.2) is 24.3 Å². The number of rotatable bonds is 3. The Morgan fingerprint density at radius 1 is 1.25 bits per heavy atom. The average molecular weight is 217 g/mol. The fraction of sp³-hybridized carbons (Fsp3) is 0.462. The number of hydrogen-bond acceptors (Lipinski definition) is 2. The van der Waals surface area contributed by atoms with Crippen molar-refractivity contribution in [3.63, 3.8) is 0 Å². The highest BCUT2D eigenvalue weighted by atomic mass is 15.2. The Balaban J connectivity index is 2.40. The molecule has 2 rings (SSSR count). The van der Waals surface area contributed by atoms with Gasteiger partial charge >= 0.3 is 0 Å². The molecule has 86 valence electrons. The van der Waals surface area contributed by atoms with Crippen LogP contribution in [-0.4, -0.2) is 9.55 Å². The third-order valence-electron chi connectivity index (χ3n) is 3.29. The van der Waals surface area contributed by atoms with E-state index >= 15 is 0 Å². The molecule has 0 aliphatic heterocycles. The molecule has 1 aromatic carbocycles. The zero-order valence-corrected chi connectivity index (χ0v) is 10.1. The molecule has 1 aromatic heterocycles. The summed E-state index contributed by atoms with van der Waals surface area (Å²) in [6.07, 6.45) is 0. The van der Waals surface area contributed by atoms with Crippen LogP contribution in [0.1, 0.15) is 20.8 Å². The van der Waals surface area contributed by atoms with Gasteiger partial charge in [0.05, 0.1) is 11.0 Å². The van der Waals surface area contributed by atoms with Crippen molar-refractivity contribution in [1.29, 1.82) is 0 Å². The highest BCUT2D eigenvalue weighted by molar-refractivity contribution is 5.78. The van der Waals surface area contributed by atoms with Crippen molar-refractivity contribution in [2.45, 2.75) is 27.3 Å². The summed E-state index contributed by atoms with van der Waals surface area (Å²) in [7, 11) is 0. The molecule has 0 spiro atoms. The lowest BCUT2D eigenvalue weighted by molar-refractivity contribution is 0.371. The van der Waals surface area contributed by atoms with Gasteiger partial charge < -0.3 is 10.3 Å². The Kier molecular flexibility index (Phi) is 2.86. The van der Waals surface area contributed by atoms with Crippen molar-refractivity contribution in [3.05, 3.63) is 24.3 Å². The van der Waals surface area contributed by atoms with E-state index in [0.29, 0.717) is 17.8 Å². The minimum Gasteiger partial charge on any atom is -0.369 e. The van der Waals surface area contributed by atoms with E-state index in [9.17, 15) is 0 Å². The van der Waals surface area contributed by atoms with Gasteiger partial charge in [-0.2, -0.15) is 0 Å². The Bertz CT molecular complexity index is 485. The minimum absolute atomic E-state index is 0.597. The molecule has 0 amide bonds. The van der Waals surface area contributed by atoms with Gasteiger partial charge in [-0.15, -0.1) is 0 Å². The third kappa shape index (κ3) is 1.90. The van der Waals surface area contributed by atoms with E-state index in [0.717, 1.165) is 17.6 Å². The van der Waals surface area contributed by atoms with Crippen molar-refractivity contribution in [2.24, 2.45) is 11.8 Å². The van der Waals surface area contributed by atoms with Crippen molar-refractivity contribution in [1.82, 2.24) is 9.55 Å². The smallest absolute Gasteiger partial charge is 0.201 e.